The summed E-state index contributed by atoms with van der Waals surface area (Å²) in [6.45, 7) is 6.09. The van der Waals surface area contributed by atoms with Gasteiger partial charge < -0.3 is 19.7 Å². The Labute approximate surface area is 106 Å². The molecule has 0 aromatic heterocycles. The number of phenolic OH excluding ortho intramolecular Hbond substituents is 1. The number of rotatable bonds is 5. The van der Waals surface area contributed by atoms with Gasteiger partial charge >= 0.3 is 6.16 Å². The first-order valence-corrected chi connectivity index (χ1v) is 5.96. The van der Waals surface area contributed by atoms with Crippen molar-refractivity contribution in [3.63, 3.8) is 0 Å². The van der Waals surface area contributed by atoms with Gasteiger partial charge in [0.1, 0.15) is 0 Å². The smallest absolute Gasteiger partial charge is 0.502 e. The van der Waals surface area contributed by atoms with E-state index in [2.05, 4.69) is 4.74 Å². The van der Waals surface area contributed by atoms with E-state index in [-0.39, 0.29) is 11.5 Å². The maximum Gasteiger partial charge on any atom is 0.511 e. The second-order valence-electron chi connectivity index (χ2n) is 3.70. The van der Waals surface area contributed by atoms with Gasteiger partial charge in [-0.3, -0.25) is 0 Å². The van der Waals surface area contributed by atoms with Crippen LogP contribution in [-0.2, 0) is 12.8 Å². The molecule has 2 N–H and O–H groups in total. The van der Waals surface area contributed by atoms with E-state index in [1.54, 1.807) is 13.0 Å². The first-order chi connectivity index (χ1) is 8.54. The lowest BCUT2D eigenvalue weighted by molar-refractivity contribution is 0.142. The third-order valence-electron chi connectivity index (χ3n) is 2.64. The minimum atomic E-state index is -1.46. The van der Waals surface area contributed by atoms with Crippen LogP contribution in [0.5, 0.6) is 17.2 Å². The number of ether oxygens (including phenoxy) is 2. The first kappa shape index (κ1) is 14.2. The predicted molar refractivity (Wildman–Crippen MR) is 66.7 cm³/mol. The highest BCUT2D eigenvalue weighted by Crippen LogP contribution is 2.42. The van der Waals surface area contributed by atoms with Crippen molar-refractivity contribution >= 4 is 6.16 Å². The molecule has 0 saturated heterocycles. The number of carboxylic acid groups (broad SMARTS) is 1. The molecule has 0 radical (unpaired) electrons. The van der Waals surface area contributed by atoms with Crippen molar-refractivity contribution in [2.24, 2.45) is 0 Å². The Morgan fingerprint density at radius 2 is 1.94 bits per heavy atom. The van der Waals surface area contributed by atoms with Gasteiger partial charge in [0.15, 0.2) is 11.5 Å². The van der Waals surface area contributed by atoms with E-state index in [9.17, 15) is 9.90 Å². The van der Waals surface area contributed by atoms with Gasteiger partial charge in [-0.25, -0.2) is 4.79 Å². The molecule has 0 spiro atoms. The van der Waals surface area contributed by atoms with Gasteiger partial charge in [-0.1, -0.05) is 13.8 Å². The molecule has 0 aliphatic heterocycles. The summed E-state index contributed by atoms with van der Waals surface area (Å²) in [6.07, 6.45) is -0.0575. The highest BCUT2D eigenvalue weighted by Gasteiger charge is 2.19. The largest absolute Gasteiger partial charge is 0.511 e. The Morgan fingerprint density at radius 3 is 2.39 bits per heavy atom. The number of aryl methyl sites for hydroxylation is 1. The molecule has 0 unspecified atom stereocenters. The highest BCUT2D eigenvalue weighted by molar-refractivity contribution is 5.66. The zero-order valence-corrected chi connectivity index (χ0v) is 10.8. The van der Waals surface area contributed by atoms with Crippen molar-refractivity contribution in [3.8, 4) is 17.2 Å². The summed E-state index contributed by atoms with van der Waals surface area (Å²) in [5.74, 6) is -0.0242. The van der Waals surface area contributed by atoms with Crippen LogP contribution in [0.25, 0.3) is 0 Å². The monoisotopic (exact) mass is 254 g/mol. The van der Waals surface area contributed by atoms with Crippen molar-refractivity contribution in [1.82, 2.24) is 0 Å². The molecule has 5 nitrogen and oxygen atoms in total. The van der Waals surface area contributed by atoms with Gasteiger partial charge in [0.25, 0.3) is 0 Å². The van der Waals surface area contributed by atoms with Crippen LogP contribution in [-0.4, -0.2) is 23.0 Å². The number of carbonyl (C=O) groups is 1. The second kappa shape index (κ2) is 6.14. The van der Waals surface area contributed by atoms with Crippen LogP contribution in [0.15, 0.2) is 6.07 Å². The molecule has 0 heterocycles. The van der Waals surface area contributed by atoms with Crippen LogP contribution in [0.4, 0.5) is 4.79 Å². The molecule has 0 saturated carbocycles. The van der Waals surface area contributed by atoms with Gasteiger partial charge in [0.2, 0.25) is 5.75 Å². The first-order valence-electron chi connectivity index (χ1n) is 5.96. The summed E-state index contributed by atoms with van der Waals surface area (Å²) in [4.78, 5) is 10.6. The second-order valence-corrected chi connectivity index (χ2v) is 3.70. The van der Waals surface area contributed by atoms with Crippen LogP contribution in [0.1, 0.15) is 31.9 Å². The van der Waals surface area contributed by atoms with E-state index in [0.717, 1.165) is 11.1 Å². The molecule has 0 aliphatic carbocycles. The standard InChI is InChI=1S/C13H18O5/c1-4-8-7-10(18-13(15)16)11(14)12(17-6-3)9(8)5-2/h7,14H,4-6H2,1-3H3,(H,15,16). The summed E-state index contributed by atoms with van der Waals surface area (Å²) < 4.78 is 9.96. The third kappa shape index (κ3) is 2.85. The molecular weight excluding hydrogens is 236 g/mol. The average molecular weight is 254 g/mol. The summed E-state index contributed by atoms with van der Waals surface area (Å²) in [6, 6.07) is 1.55. The van der Waals surface area contributed by atoms with Crippen LogP contribution >= 0.6 is 0 Å². The van der Waals surface area contributed by atoms with Crippen molar-refractivity contribution in [3.05, 3.63) is 17.2 Å². The molecule has 0 fully saturated rings. The Balaban J connectivity index is 3.38. The van der Waals surface area contributed by atoms with E-state index < -0.39 is 6.16 Å². The lowest BCUT2D eigenvalue weighted by Gasteiger charge is -2.16. The number of phenols is 1. The van der Waals surface area contributed by atoms with Crippen molar-refractivity contribution in [2.75, 3.05) is 6.61 Å². The fourth-order valence-corrected chi connectivity index (χ4v) is 1.89. The third-order valence-corrected chi connectivity index (χ3v) is 2.64. The van der Waals surface area contributed by atoms with E-state index in [1.807, 2.05) is 13.8 Å². The number of benzene rings is 1. The van der Waals surface area contributed by atoms with Crippen LogP contribution in [0.3, 0.4) is 0 Å². The molecular formula is C13H18O5. The Hall–Kier alpha value is -1.91. The molecule has 100 valence electrons. The molecule has 0 amide bonds. The summed E-state index contributed by atoms with van der Waals surface area (Å²) in [5, 5.41) is 18.6. The molecule has 0 atom stereocenters. The lowest BCUT2D eigenvalue weighted by Crippen LogP contribution is -2.07. The molecule has 1 aromatic rings. The minimum absolute atomic E-state index is 0.0833. The van der Waals surface area contributed by atoms with Crippen LogP contribution in [0, 0.1) is 0 Å². The highest BCUT2D eigenvalue weighted by atomic mass is 16.7. The quantitative estimate of drug-likeness (QED) is 0.624. The average Bonchev–Trinajstić information content (AvgIpc) is 2.33. The summed E-state index contributed by atoms with van der Waals surface area (Å²) in [7, 11) is 0. The summed E-state index contributed by atoms with van der Waals surface area (Å²) in [5.41, 5.74) is 1.80. The Bertz CT molecular complexity index is 439. The van der Waals surface area contributed by atoms with Gasteiger partial charge in [-0.2, -0.15) is 0 Å². The molecule has 0 aliphatic rings. The summed E-state index contributed by atoms with van der Waals surface area (Å²) >= 11 is 0. The SMILES string of the molecule is CCOc1c(O)c(OC(=O)O)cc(CC)c1CC. The Morgan fingerprint density at radius 1 is 1.28 bits per heavy atom. The number of aromatic hydroxyl groups is 1. The normalized spacial score (nSPS) is 10.2. The fourth-order valence-electron chi connectivity index (χ4n) is 1.89. The van der Waals surface area contributed by atoms with E-state index >= 15 is 0 Å². The van der Waals surface area contributed by atoms with Crippen LogP contribution in [0.2, 0.25) is 0 Å². The van der Waals surface area contributed by atoms with Crippen LogP contribution < -0.4 is 9.47 Å². The van der Waals surface area contributed by atoms with E-state index in [4.69, 9.17) is 9.84 Å². The zero-order chi connectivity index (χ0) is 13.7. The van der Waals surface area contributed by atoms with Crippen molar-refractivity contribution in [2.45, 2.75) is 33.6 Å². The molecule has 1 rings (SSSR count). The fraction of sp³-hybridized carbons (Fsp3) is 0.462. The predicted octanol–water partition coefficient (Wildman–Crippen LogP) is 2.97. The van der Waals surface area contributed by atoms with Gasteiger partial charge in [-0.15, -0.1) is 0 Å². The number of hydrogen-bond acceptors (Lipinski definition) is 4. The Kier molecular flexibility index (Phi) is 4.83. The maximum atomic E-state index is 10.6. The zero-order valence-electron chi connectivity index (χ0n) is 10.8. The van der Waals surface area contributed by atoms with Crippen molar-refractivity contribution in [1.29, 1.82) is 0 Å². The van der Waals surface area contributed by atoms with E-state index in [0.29, 0.717) is 25.2 Å². The molecule has 1 aromatic carbocycles. The van der Waals surface area contributed by atoms with E-state index in [1.165, 1.54) is 0 Å². The lowest BCUT2D eigenvalue weighted by atomic mass is 10.0. The van der Waals surface area contributed by atoms with Gasteiger partial charge in [0.05, 0.1) is 6.61 Å². The molecule has 18 heavy (non-hydrogen) atoms. The molecule has 0 bridgehead atoms. The minimum Gasteiger partial charge on any atom is -0.502 e. The molecule has 5 heteroatoms. The topological polar surface area (TPSA) is 76.0 Å². The van der Waals surface area contributed by atoms with Crippen molar-refractivity contribution < 1.29 is 24.5 Å². The van der Waals surface area contributed by atoms with Gasteiger partial charge in [0, 0.05) is 5.56 Å². The number of hydrogen-bond donors (Lipinski definition) is 2. The maximum absolute atomic E-state index is 10.6. The van der Waals surface area contributed by atoms with Gasteiger partial charge in [-0.05, 0) is 31.4 Å².